The van der Waals surface area contributed by atoms with Crippen LogP contribution in [0.5, 0.6) is 5.75 Å². The second-order valence-corrected chi connectivity index (χ2v) is 4.05. The van der Waals surface area contributed by atoms with Gasteiger partial charge in [0, 0.05) is 5.39 Å². The van der Waals surface area contributed by atoms with Gasteiger partial charge in [0.2, 0.25) is 0 Å². The Labute approximate surface area is 115 Å². The van der Waals surface area contributed by atoms with Crippen LogP contribution in [0.3, 0.4) is 0 Å². The van der Waals surface area contributed by atoms with E-state index in [9.17, 15) is 9.59 Å². The van der Waals surface area contributed by atoms with Crippen LogP contribution >= 0.6 is 0 Å². The molecule has 106 valence electrons. The summed E-state index contributed by atoms with van der Waals surface area (Å²) in [5, 5.41) is 0.580. The maximum atomic E-state index is 11.7. The monoisotopic (exact) mass is 278 g/mol. The molecule has 0 atom stereocenters. The Bertz CT molecular complexity index is 655. The van der Waals surface area contributed by atoms with Crippen LogP contribution in [0.2, 0.25) is 0 Å². The maximum Gasteiger partial charge on any atom is 0.343 e. The van der Waals surface area contributed by atoms with Gasteiger partial charge in [-0.3, -0.25) is 0 Å². The molecule has 1 aromatic carbocycles. The first-order valence-electron chi connectivity index (χ1n) is 5.88. The van der Waals surface area contributed by atoms with Crippen molar-refractivity contribution in [3.8, 4) is 5.75 Å². The zero-order valence-corrected chi connectivity index (χ0v) is 11.4. The van der Waals surface area contributed by atoms with Gasteiger partial charge in [-0.05, 0) is 25.1 Å². The van der Waals surface area contributed by atoms with E-state index in [0.29, 0.717) is 28.0 Å². The molecule has 0 saturated heterocycles. The summed E-state index contributed by atoms with van der Waals surface area (Å²) in [6.45, 7) is 1.48. The van der Waals surface area contributed by atoms with Gasteiger partial charge in [0.05, 0.1) is 14.2 Å². The van der Waals surface area contributed by atoms with E-state index in [1.54, 1.807) is 25.1 Å². The predicted octanol–water partition coefficient (Wildman–Crippen LogP) is 2.08. The zero-order chi connectivity index (χ0) is 14.7. The topological polar surface area (TPSA) is 75.0 Å². The number of esters is 2. The molecule has 0 aliphatic carbocycles. The fourth-order valence-electron chi connectivity index (χ4n) is 1.85. The lowest BCUT2D eigenvalue weighted by Gasteiger charge is -2.04. The fourth-order valence-corrected chi connectivity index (χ4v) is 1.85. The van der Waals surface area contributed by atoms with E-state index in [4.69, 9.17) is 13.9 Å². The third-order valence-electron chi connectivity index (χ3n) is 2.81. The largest absolute Gasteiger partial charge is 0.482 e. The highest BCUT2D eigenvalue weighted by Gasteiger charge is 2.19. The van der Waals surface area contributed by atoms with Crippen molar-refractivity contribution in [2.75, 3.05) is 20.8 Å². The van der Waals surface area contributed by atoms with Crippen LogP contribution in [-0.2, 0) is 14.3 Å². The molecule has 0 unspecified atom stereocenters. The van der Waals surface area contributed by atoms with Gasteiger partial charge in [-0.15, -0.1) is 0 Å². The first-order chi connectivity index (χ1) is 9.56. The van der Waals surface area contributed by atoms with Gasteiger partial charge in [0.25, 0.3) is 0 Å². The molecule has 0 radical (unpaired) electrons. The summed E-state index contributed by atoms with van der Waals surface area (Å²) in [5.74, 6) is -0.0566. The molecule has 0 bridgehead atoms. The number of rotatable bonds is 4. The van der Waals surface area contributed by atoms with Crippen molar-refractivity contribution in [3.63, 3.8) is 0 Å². The Morgan fingerprint density at radius 2 is 1.95 bits per heavy atom. The minimum absolute atomic E-state index is 0.202. The summed E-state index contributed by atoms with van der Waals surface area (Å²) < 4.78 is 20.0. The highest BCUT2D eigenvalue weighted by molar-refractivity contribution is 6.04. The highest BCUT2D eigenvalue weighted by Crippen LogP contribution is 2.29. The van der Waals surface area contributed by atoms with Gasteiger partial charge in [-0.25, -0.2) is 9.59 Å². The van der Waals surface area contributed by atoms with Gasteiger partial charge in [-0.2, -0.15) is 0 Å². The average Bonchev–Trinajstić information content (AvgIpc) is 2.79. The van der Waals surface area contributed by atoms with Crippen molar-refractivity contribution >= 4 is 22.9 Å². The number of fused-ring (bicyclic) bond motifs is 1. The van der Waals surface area contributed by atoms with Gasteiger partial charge >= 0.3 is 11.9 Å². The van der Waals surface area contributed by atoms with E-state index < -0.39 is 11.9 Å². The van der Waals surface area contributed by atoms with Gasteiger partial charge in [0.15, 0.2) is 6.61 Å². The molecule has 0 saturated carbocycles. The third-order valence-corrected chi connectivity index (χ3v) is 2.81. The summed E-state index contributed by atoms with van der Waals surface area (Å²) in [6, 6.07) is 4.94. The lowest BCUT2D eigenvalue weighted by molar-refractivity contribution is -0.142. The summed E-state index contributed by atoms with van der Waals surface area (Å²) in [5.41, 5.74) is 0.902. The molecular formula is C14H14O6. The maximum absolute atomic E-state index is 11.7. The number of carbonyl (C=O) groups excluding carboxylic acids is 2. The van der Waals surface area contributed by atoms with Crippen LogP contribution in [0.15, 0.2) is 22.6 Å². The third kappa shape index (κ3) is 2.59. The number of hydrogen-bond donors (Lipinski definition) is 0. The van der Waals surface area contributed by atoms with Crippen LogP contribution in [0.4, 0.5) is 0 Å². The van der Waals surface area contributed by atoms with Crippen molar-refractivity contribution < 1.29 is 28.2 Å². The molecule has 0 aliphatic rings. The number of ether oxygens (including phenoxy) is 3. The first kappa shape index (κ1) is 13.9. The second-order valence-electron chi connectivity index (χ2n) is 4.05. The van der Waals surface area contributed by atoms with Crippen molar-refractivity contribution in [1.82, 2.24) is 0 Å². The molecule has 0 spiro atoms. The van der Waals surface area contributed by atoms with Crippen LogP contribution in [-0.4, -0.2) is 32.8 Å². The fraction of sp³-hybridized carbons (Fsp3) is 0.286. The van der Waals surface area contributed by atoms with E-state index in [2.05, 4.69) is 4.74 Å². The summed E-state index contributed by atoms with van der Waals surface area (Å²) in [7, 11) is 2.59. The average molecular weight is 278 g/mol. The Morgan fingerprint density at radius 1 is 1.20 bits per heavy atom. The minimum Gasteiger partial charge on any atom is -0.482 e. The van der Waals surface area contributed by atoms with Crippen molar-refractivity contribution in [2.45, 2.75) is 6.92 Å². The zero-order valence-electron chi connectivity index (χ0n) is 11.4. The number of furan rings is 1. The lowest BCUT2D eigenvalue weighted by Crippen LogP contribution is -2.12. The van der Waals surface area contributed by atoms with Crippen LogP contribution in [0, 0.1) is 6.92 Å². The summed E-state index contributed by atoms with van der Waals surface area (Å²) in [4.78, 5) is 22.8. The molecule has 20 heavy (non-hydrogen) atoms. The number of benzene rings is 1. The lowest BCUT2D eigenvalue weighted by atomic mass is 10.1. The van der Waals surface area contributed by atoms with Crippen molar-refractivity contribution in [3.05, 3.63) is 29.5 Å². The molecule has 1 aromatic heterocycles. The van der Waals surface area contributed by atoms with E-state index in [1.807, 2.05) is 0 Å². The van der Waals surface area contributed by atoms with E-state index in [-0.39, 0.29) is 6.61 Å². The predicted molar refractivity (Wildman–Crippen MR) is 69.8 cm³/mol. The molecule has 0 amide bonds. The van der Waals surface area contributed by atoms with Gasteiger partial charge in [0.1, 0.15) is 22.7 Å². The van der Waals surface area contributed by atoms with Crippen LogP contribution < -0.4 is 4.74 Å². The molecule has 6 heteroatoms. The molecular weight excluding hydrogens is 264 g/mol. The summed E-state index contributed by atoms with van der Waals surface area (Å²) in [6.07, 6.45) is 0. The highest BCUT2D eigenvalue weighted by atomic mass is 16.6. The number of aryl methyl sites for hydroxylation is 1. The minimum atomic E-state index is -0.485. The van der Waals surface area contributed by atoms with Crippen LogP contribution in [0.25, 0.3) is 11.0 Å². The smallest absolute Gasteiger partial charge is 0.343 e. The van der Waals surface area contributed by atoms with E-state index in [0.717, 1.165) is 0 Å². The molecule has 2 aromatic rings. The Hall–Kier alpha value is -2.50. The first-order valence-corrected chi connectivity index (χ1v) is 5.88. The van der Waals surface area contributed by atoms with Crippen molar-refractivity contribution in [2.24, 2.45) is 0 Å². The molecule has 6 nitrogen and oxygen atoms in total. The Morgan fingerprint density at radius 3 is 2.60 bits per heavy atom. The summed E-state index contributed by atoms with van der Waals surface area (Å²) >= 11 is 0. The molecule has 1 heterocycles. The molecule has 0 N–H and O–H groups in total. The van der Waals surface area contributed by atoms with Crippen molar-refractivity contribution in [1.29, 1.82) is 0 Å². The number of methoxy groups -OCH3 is 2. The molecule has 0 aliphatic heterocycles. The quantitative estimate of drug-likeness (QED) is 0.797. The Kier molecular flexibility index (Phi) is 3.93. The van der Waals surface area contributed by atoms with Crippen LogP contribution in [0.1, 0.15) is 16.1 Å². The second kappa shape index (κ2) is 5.64. The number of hydrogen-bond acceptors (Lipinski definition) is 6. The Balaban J connectivity index is 2.36. The standard InChI is InChI=1S/C14H14O6/c1-8-13(14(16)18-3)10-6-9(4-5-11(10)20-8)19-7-12(15)17-2/h4-6H,7H2,1-3H3. The van der Waals surface area contributed by atoms with Gasteiger partial charge in [-0.1, -0.05) is 0 Å². The van der Waals surface area contributed by atoms with E-state index >= 15 is 0 Å². The number of carbonyl (C=O) groups is 2. The SMILES string of the molecule is COC(=O)COc1ccc2oc(C)c(C(=O)OC)c2c1. The van der Waals surface area contributed by atoms with E-state index in [1.165, 1.54) is 14.2 Å². The van der Waals surface area contributed by atoms with Gasteiger partial charge < -0.3 is 18.6 Å². The molecule has 2 rings (SSSR count). The molecule has 0 fully saturated rings. The normalized spacial score (nSPS) is 10.3.